The third kappa shape index (κ3) is 6.26. The van der Waals surface area contributed by atoms with E-state index in [-0.39, 0.29) is 36.7 Å². The topological polar surface area (TPSA) is 78.5 Å². The highest BCUT2D eigenvalue weighted by Gasteiger charge is 2.15. The molecule has 0 spiro atoms. The third-order valence-corrected chi connectivity index (χ3v) is 4.10. The zero-order chi connectivity index (χ0) is 19.8. The van der Waals surface area contributed by atoms with E-state index in [1.54, 1.807) is 24.3 Å². The highest BCUT2D eigenvalue weighted by Crippen LogP contribution is 2.20. The number of nitrogens with one attached hydrogen (secondary N) is 2. The minimum absolute atomic E-state index is 0.104. The molecule has 0 fully saturated rings. The number of anilines is 2. The summed E-state index contributed by atoms with van der Waals surface area (Å²) in [4.78, 5) is 37.1. The van der Waals surface area contributed by atoms with E-state index in [0.29, 0.717) is 11.4 Å². The van der Waals surface area contributed by atoms with E-state index in [2.05, 4.69) is 10.6 Å². The third-order valence-electron chi connectivity index (χ3n) is 4.10. The van der Waals surface area contributed by atoms with Crippen LogP contribution in [-0.4, -0.2) is 24.3 Å². The summed E-state index contributed by atoms with van der Waals surface area (Å²) in [5, 5.41) is 5.64. The molecule has 0 aromatic heterocycles. The standard InChI is InChI=1S/C21H25N3O3/c1-15(18-8-5-4-6-9-18)22-21(27)12-13-24(17(3)26)20-11-7-10-19(14-20)23-16(2)25/h4-11,14-15H,12-13H2,1-3H3,(H,22,27)(H,23,25). The molecule has 0 aliphatic heterocycles. The van der Waals surface area contributed by atoms with Crippen LogP contribution in [0.15, 0.2) is 54.6 Å². The van der Waals surface area contributed by atoms with Gasteiger partial charge in [-0.05, 0) is 30.7 Å². The van der Waals surface area contributed by atoms with Crippen molar-refractivity contribution in [1.29, 1.82) is 0 Å². The Morgan fingerprint density at radius 2 is 1.70 bits per heavy atom. The quantitative estimate of drug-likeness (QED) is 0.788. The van der Waals surface area contributed by atoms with Crippen LogP contribution in [0.25, 0.3) is 0 Å². The van der Waals surface area contributed by atoms with Gasteiger partial charge < -0.3 is 15.5 Å². The van der Waals surface area contributed by atoms with Crippen LogP contribution < -0.4 is 15.5 Å². The summed E-state index contributed by atoms with van der Waals surface area (Å²) >= 11 is 0. The number of hydrogen-bond donors (Lipinski definition) is 2. The maximum Gasteiger partial charge on any atom is 0.223 e. The smallest absolute Gasteiger partial charge is 0.223 e. The first kappa shape index (κ1) is 20.2. The molecule has 142 valence electrons. The Bertz CT molecular complexity index is 805. The molecule has 3 amide bonds. The Labute approximate surface area is 159 Å². The first-order valence-electron chi connectivity index (χ1n) is 8.87. The van der Waals surface area contributed by atoms with Crippen molar-refractivity contribution in [1.82, 2.24) is 5.32 Å². The van der Waals surface area contributed by atoms with Gasteiger partial charge in [0, 0.05) is 38.2 Å². The van der Waals surface area contributed by atoms with Gasteiger partial charge in [0.1, 0.15) is 0 Å². The second-order valence-electron chi connectivity index (χ2n) is 6.35. The van der Waals surface area contributed by atoms with Gasteiger partial charge in [-0.15, -0.1) is 0 Å². The minimum atomic E-state index is -0.184. The summed E-state index contributed by atoms with van der Waals surface area (Å²) in [6.07, 6.45) is 0.182. The Kier molecular flexibility index (Phi) is 7.11. The van der Waals surface area contributed by atoms with Crippen LogP contribution in [0.2, 0.25) is 0 Å². The lowest BCUT2D eigenvalue weighted by atomic mass is 10.1. The summed E-state index contributed by atoms with van der Waals surface area (Å²) in [6, 6.07) is 16.6. The second-order valence-corrected chi connectivity index (χ2v) is 6.35. The molecule has 0 saturated carbocycles. The Morgan fingerprint density at radius 1 is 1.00 bits per heavy atom. The number of carbonyl (C=O) groups is 3. The molecule has 6 heteroatoms. The molecule has 0 saturated heterocycles. The Hall–Kier alpha value is -3.15. The van der Waals surface area contributed by atoms with Crippen molar-refractivity contribution in [2.45, 2.75) is 33.2 Å². The van der Waals surface area contributed by atoms with Gasteiger partial charge in [0.15, 0.2) is 0 Å². The molecule has 0 bridgehead atoms. The van der Waals surface area contributed by atoms with Gasteiger partial charge in [-0.25, -0.2) is 0 Å². The number of rotatable bonds is 7. The van der Waals surface area contributed by atoms with Crippen LogP contribution in [0.3, 0.4) is 0 Å². The molecule has 27 heavy (non-hydrogen) atoms. The van der Waals surface area contributed by atoms with Crippen molar-refractivity contribution in [3.63, 3.8) is 0 Å². The van der Waals surface area contributed by atoms with Gasteiger partial charge in [-0.1, -0.05) is 36.4 Å². The highest BCUT2D eigenvalue weighted by atomic mass is 16.2. The van der Waals surface area contributed by atoms with E-state index < -0.39 is 0 Å². The van der Waals surface area contributed by atoms with Gasteiger partial charge in [0.25, 0.3) is 0 Å². The van der Waals surface area contributed by atoms with E-state index in [1.807, 2.05) is 37.3 Å². The second kappa shape index (κ2) is 9.52. The fraction of sp³-hybridized carbons (Fsp3) is 0.286. The number of nitrogens with zero attached hydrogens (tertiary/aromatic N) is 1. The molecule has 0 aliphatic carbocycles. The lowest BCUT2D eigenvalue weighted by molar-refractivity contribution is -0.121. The first-order valence-corrected chi connectivity index (χ1v) is 8.87. The highest BCUT2D eigenvalue weighted by molar-refractivity contribution is 5.94. The van der Waals surface area contributed by atoms with E-state index >= 15 is 0 Å². The Balaban J connectivity index is 1.99. The van der Waals surface area contributed by atoms with Crippen molar-refractivity contribution >= 4 is 29.1 Å². The minimum Gasteiger partial charge on any atom is -0.350 e. The SMILES string of the molecule is CC(=O)Nc1cccc(N(CCC(=O)NC(C)c2ccccc2)C(C)=O)c1. The largest absolute Gasteiger partial charge is 0.350 e. The van der Waals surface area contributed by atoms with Gasteiger partial charge in [-0.2, -0.15) is 0 Å². The Morgan fingerprint density at radius 3 is 2.33 bits per heavy atom. The zero-order valence-electron chi connectivity index (χ0n) is 15.9. The summed E-state index contributed by atoms with van der Waals surface area (Å²) in [5.41, 5.74) is 2.27. The van der Waals surface area contributed by atoms with Crippen molar-refractivity contribution < 1.29 is 14.4 Å². The number of hydrogen-bond acceptors (Lipinski definition) is 3. The maximum absolute atomic E-state index is 12.3. The van der Waals surface area contributed by atoms with E-state index in [1.165, 1.54) is 18.7 Å². The molecule has 2 aromatic carbocycles. The number of benzene rings is 2. The lowest BCUT2D eigenvalue weighted by Crippen LogP contribution is -2.34. The normalized spacial score (nSPS) is 11.4. The predicted molar refractivity (Wildman–Crippen MR) is 106 cm³/mol. The van der Waals surface area contributed by atoms with Crippen LogP contribution in [0.5, 0.6) is 0 Å². The van der Waals surface area contributed by atoms with E-state index in [0.717, 1.165) is 5.56 Å². The fourth-order valence-electron chi connectivity index (χ4n) is 2.78. The zero-order valence-corrected chi connectivity index (χ0v) is 15.9. The first-order chi connectivity index (χ1) is 12.9. The predicted octanol–water partition coefficient (Wildman–Crippen LogP) is 3.27. The molecule has 2 aromatic rings. The van der Waals surface area contributed by atoms with E-state index in [4.69, 9.17) is 0 Å². The van der Waals surface area contributed by atoms with Gasteiger partial charge in [0.05, 0.1) is 6.04 Å². The van der Waals surface area contributed by atoms with E-state index in [9.17, 15) is 14.4 Å². The van der Waals surface area contributed by atoms with Crippen molar-refractivity contribution in [3.8, 4) is 0 Å². The molecule has 2 N–H and O–H groups in total. The van der Waals surface area contributed by atoms with Gasteiger partial charge >= 0.3 is 0 Å². The molecule has 0 aliphatic rings. The van der Waals surface area contributed by atoms with Crippen LogP contribution in [0.4, 0.5) is 11.4 Å². The maximum atomic E-state index is 12.3. The molecular weight excluding hydrogens is 342 g/mol. The molecule has 0 radical (unpaired) electrons. The van der Waals surface area contributed by atoms with Crippen molar-refractivity contribution in [3.05, 3.63) is 60.2 Å². The van der Waals surface area contributed by atoms with Crippen LogP contribution in [0, 0.1) is 0 Å². The lowest BCUT2D eigenvalue weighted by Gasteiger charge is -2.22. The van der Waals surface area contributed by atoms with Gasteiger partial charge in [-0.3, -0.25) is 14.4 Å². The average molecular weight is 367 g/mol. The fourth-order valence-corrected chi connectivity index (χ4v) is 2.78. The average Bonchev–Trinajstić information content (AvgIpc) is 2.62. The summed E-state index contributed by atoms with van der Waals surface area (Å²) in [7, 11) is 0. The number of carbonyl (C=O) groups excluding carboxylic acids is 3. The summed E-state index contributed by atoms with van der Waals surface area (Å²) < 4.78 is 0. The molecule has 1 unspecified atom stereocenters. The van der Waals surface area contributed by atoms with Gasteiger partial charge in [0.2, 0.25) is 17.7 Å². The molecule has 1 atom stereocenters. The summed E-state index contributed by atoms with van der Waals surface area (Å²) in [6.45, 7) is 5.06. The van der Waals surface area contributed by atoms with Crippen molar-refractivity contribution in [2.24, 2.45) is 0 Å². The molecule has 0 heterocycles. The van der Waals surface area contributed by atoms with Crippen molar-refractivity contribution in [2.75, 3.05) is 16.8 Å². The molecule has 6 nitrogen and oxygen atoms in total. The van der Waals surface area contributed by atoms with Crippen LogP contribution >= 0.6 is 0 Å². The van der Waals surface area contributed by atoms with Crippen LogP contribution in [0.1, 0.15) is 38.8 Å². The number of amides is 3. The monoisotopic (exact) mass is 367 g/mol. The summed E-state index contributed by atoms with van der Waals surface area (Å²) in [5.74, 6) is -0.481. The van der Waals surface area contributed by atoms with Crippen LogP contribution in [-0.2, 0) is 14.4 Å². The molecular formula is C21H25N3O3. The molecule has 2 rings (SSSR count).